The highest BCUT2D eigenvalue weighted by molar-refractivity contribution is 5.80. The van der Waals surface area contributed by atoms with E-state index in [9.17, 15) is 9.90 Å². The maximum Gasteiger partial charge on any atom is 0.250 e. The second kappa shape index (κ2) is 4.40. The van der Waals surface area contributed by atoms with Gasteiger partial charge in [0.2, 0.25) is 0 Å². The summed E-state index contributed by atoms with van der Waals surface area (Å²) in [5, 5.41) is 9.50. The Balaban J connectivity index is 2.30. The van der Waals surface area contributed by atoms with Crippen molar-refractivity contribution in [2.75, 3.05) is 13.2 Å². The van der Waals surface area contributed by atoms with Gasteiger partial charge in [-0.25, -0.2) is 0 Å². The molecule has 5 heteroatoms. The average Bonchev–Trinajstić information content (AvgIpc) is 2.51. The molecule has 5 nitrogen and oxygen atoms in total. The van der Waals surface area contributed by atoms with Crippen LogP contribution in [0, 0.1) is 0 Å². The Labute approximate surface area is 92.8 Å². The smallest absolute Gasteiger partial charge is 0.250 e. The molecule has 1 aromatic rings. The zero-order valence-corrected chi connectivity index (χ0v) is 8.68. The van der Waals surface area contributed by atoms with E-state index >= 15 is 0 Å². The van der Waals surface area contributed by atoms with Crippen LogP contribution in [0.4, 0.5) is 0 Å². The lowest BCUT2D eigenvalue weighted by atomic mass is 10.1. The zero-order valence-electron chi connectivity index (χ0n) is 8.68. The van der Waals surface area contributed by atoms with Crippen LogP contribution in [0.15, 0.2) is 18.2 Å². The molecule has 0 saturated carbocycles. The van der Waals surface area contributed by atoms with Crippen molar-refractivity contribution in [2.45, 2.75) is 12.5 Å². The molecular weight excluding hydrogens is 210 g/mol. The first-order chi connectivity index (χ1) is 7.68. The summed E-state index contributed by atoms with van der Waals surface area (Å²) in [5.74, 6) is 0.378. The molecule has 1 heterocycles. The van der Waals surface area contributed by atoms with Crippen LogP contribution < -0.4 is 15.2 Å². The highest BCUT2D eigenvalue weighted by Gasteiger charge is 2.17. The van der Waals surface area contributed by atoms with Crippen molar-refractivity contribution < 1.29 is 19.4 Å². The number of nitrogens with two attached hydrogens (primary N) is 1. The van der Waals surface area contributed by atoms with Gasteiger partial charge in [-0.05, 0) is 17.7 Å². The molecule has 1 aromatic carbocycles. The quantitative estimate of drug-likeness (QED) is 0.758. The Bertz CT molecular complexity index is 405. The van der Waals surface area contributed by atoms with Gasteiger partial charge in [0.25, 0.3) is 5.91 Å². The Morgan fingerprint density at radius 3 is 2.69 bits per heavy atom. The number of rotatable bonds is 2. The lowest BCUT2D eigenvalue weighted by Crippen LogP contribution is -2.20. The number of benzene rings is 1. The normalized spacial score (nSPS) is 16.3. The second-order valence-corrected chi connectivity index (χ2v) is 3.56. The van der Waals surface area contributed by atoms with Crippen LogP contribution in [0.3, 0.4) is 0 Å². The molecule has 1 aliphatic rings. The fourth-order valence-corrected chi connectivity index (χ4v) is 1.51. The molecular formula is C11H13NO4. The number of hydrogen-bond donors (Lipinski definition) is 2. The third-order valence-electron chi connectivity index (χ3n) is 2.36. The molecule has 0 bridgehead atoms. The first-order valence-corrected chi connectivity index (χ1v) is 5.05. The van der Waals surface area contributed by atoms with E-state index in [2.05, 4.69) is 0 Å². The van der Waals surface area contributed by atoms with E-state index < -0.39 is 12.0 Å². The molecule has 0 aromatic heterocycles. The van der Waals surface area contributed by atoms with Crippen LogP contribution in [-0.4, -0.2) is 24.2 Å². The molecule has 0 fully saturated rings. The SMILES string of the molecule is NC(=O)C(O)c1ccc2c(c1)OCCCO2. The predicted octanol–water partition coefficient (Wildman–Crippen LogP) is 0.367. The van der Waals surface area contributed by atoms with Gasteiger partial charge >= 0.3 is 0 Å². The standard InChI is InChI=1S/C11H13NO4/c12-11(14)10(13)7-2-3-8-9(6-7)16-5-1-4-15-8/h2-3,6,10,13H,1,4-5H2,(H2,12,14). The van der Waals surface area contributed by atoms with Crippen molar-refractivity contribution in [1.82, 2.24) is 0 Å². The molecule has 0 radical (unpaired) electrons. The Morgan fingerprint density at radius 1 is 1.31 bits per heavy atom. The summed E-state index contributed by atoms with van der Waals surface area (Å²) < 4.78 is 10.9. The fraction of sp³-hybridized carbons (Fsp3) is 0.364. The number of carbonyl (C=O) groups excluding carboxylic acids is 1. The molecule has 16 heavy (non-hydrogen) atoms. The van der Waals surface area contributed by atoms with E-state index in [4.69, 9.17) is 15.2 Å². The van der Waals surface area contributed by atoms with Gasteiger partial charge in [0.15, 0.2) is 17.6 Å². The van der Waals surface area contributed by atoms with E-state index in [0.717, 1.165) is 6.42 Å². The van der Waals surface area contributed by atoms with Gasteiger partial charge in [-0.15, -0.1) is 0 Å². The topological polar surface area (TPSA) is 81.8 Å². The summed E-state index contributed by atoms with van der Waals surface area (Å²) in [5.41, 5.74) is 5.43. The van der Waals surface area contributed by atoms with Crippen molar-refractivity contribution in [3.63, 3.8) is 0 Å². The van der Waals surface area contributed by atoms with Crippen LogP contribution >= 0.6 is 0 Å². The maximum atomic E-state index is 10.8. The highest BCUT2D eigenvalue weighted by Crippen LogP contribution is 2.32. The number of hydrogen-bond acceptors (Lipinski definition) is 4. The van der Waals surface area contributed by atoms with Gasteiger partial charge in [-0.1, -0.05) is 6.07 Å². The summed E-state index contributed by atoms with van der Waals surface area (Å²) in [6.45, 7) is 1.16. The van der Waals surface area contributed by atoms with Gasteiger partial charge in [0.1, 0.15) is 0 Å². The molecule has 2 rings (SSSR count). The number of aliphatic hydroxyl groups excluding tert-OH is 1. The van der Waals surface area contributed by atoms with Crippen molar-refractivity contribution >= 4 is 5.91 Å². The molecule has 1 atom stereocenters. The Hall–Kier alpha value is -1.75. The van der Waals surface area contributed by atoms with E-state index in [1.165, 1.54) is 0 Å². The number of primary amides is 1. The number of aliphatic hydroxyl groups is 1. The Morgan fingerprint density at radius 2 is 2.00 bits per heavy atom. The molecule has 1 aliphatic heterocycles. The number of amides is 1. The first kappa shape index (κ1) is 10.8. The number of fused-ring (bicyclic) bond motifs is 1. The zero-order chi connectivity index (χ0) is 11.5. The van der Waals surface area contributed by atoms with Crippen molar-refractivity contribution in [2.24, 2.45) is 5.73 Å². The highest BCUT2D eigenvalue weighted by atomic mass is 16.5. The fourth-order valence-electron chi connectivity index (χ4n) is 1.51. The third kappa shape index (κ3) is 2.09. The molecule has 1 unspecified atom stereocenters. The van der Waals surface area contributed by atoms with Crippen molar-refractivity contribution in [3.8, 4) is 11.5 Å². The minimum Gasteiger partial charge on any atom is -0.490 e. The van der Waals surface area contributed by atoms with Gasteiger partial charge in [-0.2, -0.15) is 0 Å². The summed E-state index contributed by atoms with van der Waals surface area (Å²) in [4.78, 5) is 10.8. The molecule has 3 N–H and O–H groups in total. The van der Waals surface area contributed by atoms with E-state index in [1.807, 2.05) is 0 Å². The third-order valence-corrected chi connectivity index (χ3v) is 2.36. The molecule has 1 amide bonds. The molecule has 0 saturated heterocycles. The largest absolute Gasteiger partial charge is 0.490 e. The number of carbonyl (C=O) groups is 1. The molecule has 86 valence electrons. The lowest BCUT2D eigenvalue weighted by molar-refractivity contribution is -0.126. The van der Waals surface area contributed by atoms with Crippen LogP contribution in [0.5, 0.6) is 11.5 Å². The maximum absolute atomic E-state index is 10.8. The Kier molecular flexibility index (Phi) is 2.96. The van der Waals surface area contributed by atoms with Crippen LogP contribution in [0.1, 0.15) is 18.1 Å². The summed E-state index contributed by atoms with van der Waals surface area (Å²) in [6, 6.07) is 4.85. The van der Waals surface area contributed by atoms with Crippen molar-refractivity contribution in [3.05, 3.63) is 23.8 Å². The van der Waals surface area contributed by atoms with E-state index in [-0.39, 0.29) is 0 Å². The van der Waals surface area contributed by atoms with E-state index in [0.29, 0.717) is 30.3 Å². The molecule has 0 spiro atoms. The minimum absolute atomic E-state index is 0.414. The van der Waals surface area contributed by atoms with Gasteiger partial charge < -0.3 is 20.3 Å². The minimum atomic E-state index is -1.31. The summed E-state index contributed by atoms with van der Waals surface area (Å²) in [6.07, 6.45) is -0.500. The second-order valence-electron chi connectivity index (χ2n) is 3.56. The monoisotopic (exact) mass is 223 g/mol. The van der Waals surface area contributed by atoms with Crippen molar-refractivity contribution in [1.29, 1.82) is 0 Å². The first-order valence-electron chi connectivity index (χ1n) is 5.05. The average molecular weight is 223 g/mol. The summed E-state index contributed by atoms with van der Waals surface area (Å²) >= 11 is 0. The molecule has 0 aliphatic carbocycles. The van der Waals surface area contributed by atoms with Gasteiger partial charge in [0.05, 0.1) is 13.2 Å². The summed E-state index contributed by atoms with van der Waals surface area (Å²) in [7, 11) is 0. The van der Waals surface area contributed by atoms with Gasteiger partial charge in [-0.3, -0.25) is 4.79 Å². The van der Waals surface area contributed by atoms with Gasteiger partial charge in [0, 0.05) is 6.42 Å². The lowest BCUT2D eigenvalue weighted by Gasteiger charge is -2.11. The van der Waals surface area contributed by atoms with Crippen LogP contribution in [0.25, 0.3) is 0 Å². The van der Waals surface area contributed by atoms with Crippen LogP contribution in [0.2, 0.25) is 0 Å². The number of ether oxygens (including phenoxy) is 2. The van der Waals surface area contributed by atoms with E-state index in [1.54, 1.807) is 18.2 Å². The van der Waals surface area contributed by atoms with Crippen LogP contribution in [-0.2, 0) is 4.79 Å². The predicted molar refractivity (Wildman–Crippen MR) is 56.2 cm³/mol.